The average molecular weight is 112 g/mol. The monoisotopic (exact) mass is 112 g/mol. The molecule has 0 saturated carbocycles. The Morgan fingerprint density at radius 1 is 1.62 bits per heavy atom. The first-order valence-corrected chi connectivity index (χ1v) is 2.92. The van der Waals surface area contributed by atoms with Gasteiger partial charge in [-0.15, -0.1) is 0 Å². The number of nitrogens with one attached hydrogen (secondary N) is 1. The highest BCUT2D eigenvalue weighted by Gasteiger charge is 2.17. The van der Waals surface area contributed by atoms with Crippen LogP contribution in [0.25, 0.3) is 0 Å². The number of nitrogens with zero attached hydrogens (tertiary/aromatic N) is 1. The molecule has 0 atom stereocenters. The maximum absolute atomic E-state index is 4.09. The van der Waals surface area contributed by atoms with Gasteiger partial charge in [-0.1, -0.05) is 13.8 Å². The maximum Gasteiger partial charge on any atom is 0.0824 e. The van der Waals surface area contributed by atoms with Crippen molar-refractivity contribution < 1.29 is 0 Å². The molecule has 0 amide bonds. The van der Waals surface area contributed by atoms with Crippen molar-refractivity contribution >= 4 is 6.34 Å². The first-order chi connectivity index (χ1) is 3.71. The van der Waals surface area contributed by atoms with Gasteiger partial charge in [-0.2, -0.15) is 0 Å². The number of rotatable bonds is 0. The van der Waals surface area contributed by atoms with E-state index in [1.807, 2.05) is 0 Å². The summed E-state index contributed by atoms with van der Waals surface area (Å²) >= 11 is 0. The molecule has 0 fully saturated rings. The lowest BCUT2D eigenvalue weighted by molar-refractivity contribution is 0.365. The molecule has 2 nitrogen and oxygen atoms in total. The normalized spacial score (nSPS) is 24.8. The zero-order valence-electron chi connectivity index (χ0n) is 5.44. The molecule has 1 aliphatic rings. The van der Waals surface area contributed by atoms with Crippen LogP contribution in [0.1, 0.15) is 13.8 Å². The zero-order valence-corrected chi connectivity index (χ0v) is 5.44. The minimum absolute atomic E-state index is 0.370. The Hall–Kier alpha value is -0.530. The van der Waals surface area contributed by atoms with Crippen LogP contribution in [-0.2, 0) is 0 Å². The molecule has 0 bridgehead atoms. The SMILES string of the molecule is CC1(C)CN=CNC1. The predicted molar refractivity (Wildman–Crippen MR) is 35.1 cm³/mol. The average Bonchev–Trinajstić information content (AvgIpc) is 1.65. The molecule has 0 saturated heterocycles. The van der Waals surface area contributed by atoms with Crippen molar-refractivity contribution in [1.29, 1.82) is 0 Å². The van der Waals surface area contributed by atoms with Crippen LogP contribution in [0.4, 0.5) is 0 Å². The molecule has 46 valence electrons. The molecule has 0 aromatic heterocycles. The molecule has 1 rings (SSSR count). The summed E-state index contributed by atoms with van der Waals surface area (Å²) in [4.78, 5) is 4.09. The third kappa shape index (κ3) is 1.22. The van der Waals surface area contributed by atoms with Crippen LogP contribution in [0.5, 0.6) is 0 Å². The van der Waals surface area contributed by atoms with Gasteiger partial charge < -0.3 is 5.32 Å². The van der Waals surface area contributed by atoms with E-state index in [0.29, 0.717) is 5.41 Å². The Labute approximate surface area is 50.0 Å². The van der Waals surface area contributed by atoms with Crippen molar-refractivity contribution in [2.45, 2.75) is 13.8 Å². The van der Waals surface area contributed by atoms with E-state index in [0.717, 1.165) is 13.1 Å². The van der Waals surface area contributed by atoms with Crippen LogP contribution in [-0.4, -0.2) is 19.4 Å². The van der Waals surface area contributed by atoms with Crippen LogP contribution in [0.3, 0.4) is 0 Å². The lowest BCUT2D eigenvalue weighted by atomic mass is 9.93. The highest BCUT2D eigenvalue weighted by atomic mass is 15.0. The smallest absolute Gasteiger partial charge is 0.0824 e. The standard InChI is InChI=1S/C6H12N2/c1-6(2)3-7-5-8-4-6/h5H,3-4H2,1-2H3,(H,7,8). The summed E-state index contributed by atoms with van der Waals surface area (Å²) in [5.41, 5.74) is 0.370. The molecule has 0 spiro atoms. The summed E-state index contributed by atoms with van der Waals surface area (Å²) in [6.45, 7) is 6.42. The Balaban J connectivity index is 2.50. The van der Waals surface area contributed by atoms with E-state index < -0.39 is 0 Å². The molecule has 0 aromatic rings. The molecular weight excluding hydrogens is 100 g/mol. The minimum Gasteiger partial charge on any atom is -0.376 e. The van der Waals surface area contributed by atoms with Crippen molar-refractivity contribution in [2.24, 2.45) is 10.4 Å². The van der Waals surface area contributed by atoms with Crippen molar-refractivity contribution in [3.8, 4) is 0 Å². The van der Waals surface area contributed by atoms with Gasteiger partial charge in [-0.25, -0.2) is 0 Å². The third-order valence-electron chi connectivity index (χ3n) is 1.28. The Bertz CT molecular complexity index is 105. The summed E-state index contributed by atoms with van der Waals surface area (Å²) in [5.74, 6) is 0. The van der Waals surface area contributed by atoms with Gasteiger partial charge in [-0.3, -0.25) is 4.99 Å². The van der Waals surface area contributed by atoms with Crippen LogP contribution in [0.15, 0.2) is 4.99 Å². The van der Waals surface area contributed by atoms with Gasteiger partial charge in [0.15, 0.2) is 0 Å². The van der Waals surface area contributed by atoms with Gasteiger partial charge in [0.1, 0.15) is 0 Å². The van der Waals surface area contributed by atoms with Crippen molar-refractivity contribution in [3.05, 3.63) is 0 Å². The van der Waals surface area contributed by atoms with Crippen molar-refractivity contribution in [3.63, 3.8) is 0 Å². The number of aliphatic imine (C=N–C) groups is 1. The summed E-state index contributed by atoms with van der Waals surface area (Å²) in [5, 5.41) is 3.08. The molecule has 2 heteroatoms. The minimum atomic E-state index is 0.370. The number of hydrogen-bond donors (Lipinski definition) is 1. The van der Waals surface area contributed by atoms with E-state index in [9.17, 15) is 0 Å². The van der Waals surface area contributed by atoms with E-state index in [1.165, 1.54) is 0 Å². The molecule has 0 unspecified atom stereocenters. The van der Waals surface area contributed by atoms with Gasteiger partial charge >= 0.3 is 0 Å². The molecule has 1 aliphatic heterocycles. The van der Waals surface area contributed by atoms with E-state index in [2.05, 4.69) is 24.2 Å². The van der Waals surface area contributed by atoms with Crippen LogP contribution >= 0.6 is 0 Å². The molecule has 1 N–H and O–H groups in total. The predicted octanol–water partition coefficient (Wildman–Crippen LogP) is 0.644. The second-order valence-corrected chi connectivity index (χ2v) is 3.01. The van der Waals surface area contributed by atoms with Crippen LogP contribution < -0.4 is 5.32 Å². The Kier molecular flexibility index (Phi) is 1.24. The Morgan fingerprint density at radius 3 is 2.62 bits per heavy atom. The fourth-order valence-electron chi connectivity index (χ4n) is 0.735. The second-order valence-electron chi connectivity index (χ2n) is 3.01. The summed E-state index contributed by atoms with van der Waals surface area (Å²) in [6.07, 6.45) is 1.78. The quantitative estimate of drug-likeness (QED) is 0.488. The number of hydrogen-bond acceptors (Lipinski definition) is 2. The molecule has 0 radical (unpaired) electrons. The molecule has 0 aromatic carbocycles. The first kappa shape index (κ1) is 5.60. The van der Waals surface area contributed by atoms with E-state index >= 15 is 0 Å². The van der Waals surface area contributed by atoms with Gasteiger partial charge in [-0.05, 0) is 0 Å². The summed E-state index contributed by atoms with van der Waals surface area (Å²) in [7, 11) is 0. The molecule has 8 heavy (non-hydrogen) atoms. The largest absolute Gasteiger partial charge is 0.376 e. The van der Waals surface area contributed by atoms with Crippen molar-refractivity contribution in [1.82, 2.24) is 5.32 Å². The van der Waals surface area contributed by atoms with Crippen LogP contribution in [0.2, 0.25) is 0 Å². The van der Waals surface area contributed by atoms with Gasteiger partial charge in [0, 0.05) is 18.5 Å². The van der Waals surface area contributed by atoms with Crippen LogP contribution in [0, 0.1) is 5.41 Å². The van der Waals surface area contributed by atoms with Gasteiger partial charge in [0.2, 0.25) is 0 Å². The lowest BCUT2D eigenvalue weighted by Gasteiger charge is -2.25. The fraction of sp³-hybridized carbons (Fsp3) is 0.833. The maximum atomic E-state index is 4.09. The second kappa shape index (κ2) is 1.77. The van der Waals surface area contributed by atoms with Gasteiger partial charge in [0.25, 0.3) is 0 Å². The summed E-state index contributed by atoms with van der Waals surface area (Å²) < 4.78 is 0. The molecule has 1 heterocycles. The molecule has 0 aliphatic carbocycles. The first-order valence-electron chi connectivity index (χ1n) is 2.92. The zero-order chi connectivity index (χ0) is 6.04. The highest BCUT2D eigenvalue weighted by Crippen LogP contribution is 2.14. The topological polar surface area (TPSA) is 24.4 Å². The fourth-order valence-corrected chi connectivity index (χ4v) is 0.735. The van der Waals surface area contributed by atoms with E-state index in [1.54, 1.807) is 6.34 Å². The van der Waals surface area contributed by atoms with E-state index in [4.69, 9.17) is 0 Å². The van der Waals surface area contributed by atoms with E-state index in [-0.39, 0.29) is 0 Å². The van der Waals surface area contributed by atoms with Crippen molar-refractivity contribution in [2.75, 3.05) is 13.1 Å². The molecular formula is C6H12N2. The highest BCUT2D eigenvalue weighted by molar-refractivity contribution is 5.55. The Morgan fingerprint density at radius 2 is 2.38 bits per heavy atom. The third-order valence-corrected chi connectivity index (χ3v) is 1.28. The summed E-state index contributed by atoms with van der Waals surface area (Å²) in [6, 6.07) is 0. The lowest BCUT2D eigenvalue weighted by Crippen LogP contribution is -2.35. The van der Waals surface area contributed by atoms with Gasteiger partial charge in [0.05, 0.1) is 6.34 Å².